The van der Waals surface area contributed by atoms with Crippen molar-refractivity contribution in [3.63, 3.8) is 0 Å². The van der Waals surface area contributed by atoms with Crippen LogP contribution in [0.5, 0.6) is 0 Å². The molecular formula is C18H24N2O. The van der Waals surface area contributed by atoms with Gasteiger partial charge in [0.25, 0.3) is 0 Å². The molecule has 3 heteroatoms. The highest BCUT2D eigenvalue weighted by atomic mass is 16.3. The Kier molecular flexibility index (Phi) is 5.90. The van der Waals surface area contributed by atoms with Gasteiger partial charge in [-0.05, 0) is 30.2 Å². The Balaban J connectivity index is 1.95. The highest BCUT2D eigenvalue weighted by molar-refractivity contribution is 5.17. The van der Waals surface area contributed by atoms with Crippen LogP contribution in [0.1, 0.15) is 31.2 Å². The first kappa shape index (κ1) is 15.7. The van der Waals surface area contributed by atoms with Gasteiger partial charge in [0.15, 0.2) is 0 Å². The SMILES string of the molecule is CCN(Cc1ccccn1)CC(C)C(O)c1ccccc1. The number of pyridine rings is 1. The van der Waals surface area contributed by atoms with E-state index < -0.39 is 6.10 Å². The number of aliphatic hydroxyl groups is 1. The molecule has 3 nitrogen and oxygen atoms in total. The number of hydrogen-bond donors (Lipinski definition) is 1. The van der Waals surface area contributed by atoms with Gasteiger partial charge in [-0.15, -0.1) is 0 Å². The molecule has 0 aliphatic carbocycles. The second-order valence-electron chi connectivity index (χ2n) is 5.48. The molecule has 1 aromatic heterocycles. The van der Waals surface area contributed by atoms with Gasteiger partial charge in [0.2, 0.25) is 0 Å². The lowest BCUT2D eigenvalue weighted by molar-refractivity contribution is 0.0871. The van der Waals surface area contributed by atoms with Gasteiger partial charge in [-0.25, -0.2) is 0 Å². The van der Waals surface area contributed by atoms with E-state index in [1.54, 1.807) is 0 Å². The molecule has 0 radical (unpaired) electrons. The van der Waals surface area contributed by atoms with E-state index in [0.717, 1.165) is 30.9 Å². The number of rotatable bonds is 7. The van der Waals surface area contributed by atoms with Gasteiger partial charge in [-0.3, -0.25) is 9.88 Å². The molecule has 0 saturated heterocycles. The summed E-state index contributed by atoms with van der Waals surface area (Å²) in [7, 11) is 0. The Labute approximate surface area is 127 Å². The van der Waals surface area contributed by atoms with Crippen molar-refractivity contribution in [3.05, 3.63) is 66.0 Å². The van der Waals surface area contributed by atoms with Crippen LogP contribution in [0.4, 0.5) is 0 Å². The fourth-order valence-electron chi connectivity index (χ4n) is 2.51. The summed E-state index contributed by atoms with van der Waals surface area (Å²) in [5.41, 5.74) is 2.06. The lowest BCUT2D eigenvalue weighted by atomic mass is 9.97. The Hall–Kier alpha value is -1.71. The summed E-state index contributed by atoms with van der Waals surface area (Å²) in [5.74, 6) is 0.177. The highest BCUT2D eigenvalue weighted by Gasteiger charge is 2.19. The number of aliphatic hydroxyl groups excluding tert-OH is 1. The predicted molar refractivity (Wildman–Crippen MR) is 85.8 cm³/mol. The quantitative estimate of drug-likeness (QED) is 0.847. The average molecular weight is 284 g/mol. The van der Waals surface area contributed by atoms with Crippen molar-refractivity contribution in [3.8, 4) is 0 Å². The summed E-state index contributed by atoms with van der Waals surface area (Å²) < 4.78 is 0. The predicted octanol–water partition coefficient (Wildman–Crippen LogP) is 3.27. The van der Waals surface area contributed by atoms with Crippen molar-refractivity contribution < 1.29 is 5.11 Å². The van der Waals surface area contributed by atoms with Crippen molar-refractivity contribution in [2.75, 3.05) is 13.1 Å². The second-order valence-corrected chi connectivity index (χ2v) is 5.48. The van der Waals surface area contributed by atoms with Crippen LogP contribution in [-0.2, 0) is 6.54 Å². The first-order valence-electron chi connectivity index (χ1n) is 7.56. The van der Waals surface area contributed by atoms with Crippen LogP contribution in [0.25, 0.3) is 0 Å². The van der Waals surface area contributed by atoms with Crippen LogP contribution in [0.2, 0.25) is 0 Å². The zero-order valence-corrected chi connectivity index (χ0v) is 12.8. The molecule has 0 aliphatic rings. The zero-order valence-electron chi connectivity index (χ0n) is 12.8. The Bertz CT molecular complexity index is 515. The largest absolute Gasteiger partial charge is 0.388 e. The lowest BCUT2D eigenvalue weighted by Crippen LogP contribution is -2.31. The Morgan fingerprint density at radius 1 is 1.10 bits per heavy atom. The van der Waals surface area contributed by atoms with Crippen molar-refractivity contribution in [2.24, 2.45) is 5.92 Å². The molecule has 21 heavy (non-hydrogen) atoms. The van der Waals surface area contributed by atoms with Crippen LogP contribution >= 0.6 is 0 Å². The van der Waals surface area contributed by atoms with Crippen LogP contribution in [0, 0.1) is 5.92 Å². The molecule has 0 amide bonds. The molecule has 1 N–H and O–H groups in total. The van der Waals surface area contributed by atoms with E-state index in [4.69, 9.17) is 0 Å². The fourth-order valence-corrected chi connectivity index (χ4v) is 2.51. The molecule has 112 valence electrons. The van der Waals surface area contributed by atoms with Gasteiger partial charge < -0.3 is 5.11 Å². The van der Waals surface area contributed by atoms with Gasteiger partial charge in [0.05, 0.1) is 11.8 Å². The summed E-state index contributed by atoms with van der Waals surface area (Å²) in [5, 5.41) is 10.5. The molecule has 0 bridgehead atoms. The maximum absolute atomic E-state index is 10.5. The molecule has 1 aromatic carbocycles. The molecule has 2 rings (SSSR count). The van der Waals surface area contributed by atoms with E-state index >= 15 is 0 Å². The van der Waals surface area contributed by atoms with Crippen molar-refractivity contribution in [2.45, 2.75) is 26.5 Å². The summed E-state index contributed by atoms with van der Waals surface area (Å²) in [6.07, 6.45) is 1.40. The van der Waals surface area contributed by atoms with E-state index in [2.05, 4.69) is 23.7 Å². The third-order valence-corrected chi connectivity index (χ3v) is 3.79. The normalized spacial score (nSPS) is 14.1. The molecule has 0 aliphatic heterocycles. The maximum atomic E-state index is 10.5. The van der Waals surface area contributed by atoms with Crippen molar-refractivity contribution in [1.82, 2.24) is 9.88 Å². The van der Waals surface area contributed by atoms with Gasteiger partial charge >= 0.3 is 0 Å². The molecule has 2 aromatic rings. The van der Waals surface area contributed by atoms with E-state index in [1.807, 2.05) is 54.7 Å². The summed E-state index contributed by atoms with van der Waals surface area (Å²) in [6, 6.07) is 15.9. The first-order chi connectivity index (χ1) is 10.2. The van der Waals surface area contributed by atoms with Gasteiger partial charge in [-0.1, -0.05) is 50.2 Å². The molecule has 2 atom stereocenters. The third kappa shape index (κ3) is 4.66. The van der Waals surface area contributed by atoms with Crippen LogP contribution in [0.15, 0.2) is 54.7 Å². The monoisotopic (exact) mass is 284 g/mol. The van der Waals surface area contributed by atoms with E-state index in [0.29, 0.717) is 0 Å². The van der Waals surface area contributed by atoms with E-state index in [1.165, 1.54) is 0 Å². The lowest BCUT2D eigenvalue weighted by Gasteiger charge is -2.27. The summed E-state index contributed by atoms with van der Waals surface area (Å²) in [6.45, 7) is 6.86. The standard InChI is InChI=1S/C18H24N2O/c1-3-20(14-17-11-7-8-12-19-17)13-15(2)18(21)16-9-5-4-6-10-16/h4-12,15,18,21H,3,13-14H2,1-2H3. The minimum atomic E-state index is -0.427. The molecule has 0 spiro atoms. The molecular weight excluding hydrogens is 260 g/mol. The average Bonchev–Trinajstić information content (AvgIpc) is 2.55. The first-order valence-corrected chi connectivity index (χ1v) is 7.56. The molecule has 0 fully saturated rings. The highest BCUT2D eigenvalue weighted by Crippen LogP contribution is 2.22. The Morgan fingerprint density at radius 3 is 2.43 bits per heavy atom. The molecule has 2 unspecified atom stereocenters. The maximum Gasteiger partial charge on any atom is 0.0827 e. The van der Waals surface area contributed by atoms with E-state index in [-0.39, 0.29) is 5.92 Å². The number of aromatic nitrogens is 1. The fraction of sp³-hybridized carbons (Fsp3) is 0.389. The van der Waals surface area contributed by atoms with Gasteiger partial charge in [-0.2, -0.15) is 0 Å². The van der Waals surface area contributed by atoms with Crippen molar-refractivity contribution >= 4 is 0 Å². The third-order valence-electron chi connectivity index (χ3n) is 3.79. The van der Waals surface area contributed by atoms with Crippen LogP contribution in [-0.4, -0.2) is 28.1 Å². The van der Waals surface area contributed by atoms with Gasteiger partial charge in [0, 0.05) is 19.3 Å². The topological polar surface area (TPSA) is 36.4 Å². The van der Waals surface area contributed by atoms with Crippen LogP contribution < -0.4 is 0 Å². The number of nitrogens with zero attached hydrogens (tertiary/aromatic N) is 2. The Morgan fingerprint density at radius 2 is 1.81 bits per heavy atom. The number of hydrogen-bond acceptors (Lipinski definition) is 3. The summed E-state index contributed by atoms with van der Waals surface area (Å²) >= 11 is 0. The second kappa shape index (κ2) is 7.91. The molecule has 1 heterocycles. The molecule has 0 saturated carbocycles. The smallest absolute Gasteiger partial charge is 0.0827 e. The zero-order chi connectivity index (χ0) is 15.1. The van der Waals surface area contributed by atoms with E-state index in [9.17, 15) is 5.11 Å². The van der Waals surface area contributed by atoms with Crippen molar-refractivity contribution in [1.29, 1.82) is 0 Å². The minimum absolute atomic E-state index is 0.177. The number of benzene rings is 1. The van der Waals surface area contributed by atoms with Gasteiger partial charge in [0.1, 0.15) is 0 Å². The van der Waals surface area contributed by atoms with Crippen LogP contribution in [0.3, 0.4) is 0 Å². The minimum Gasteiger partial charge on any atom is -0.388 e. The summed E-state index contributed by atoms with van der Waals surface area (Å²) in [4.78, 5) is 6.69.